The van der Waals surface area contributed by atoms with Crippen molar-refractivity contribution >= 4 is 17.6 Å². The van der Waals surface area contributed by atoms with Crippen molar-refractivity contribution in [3.63, 3.8) is 0 Å². The van der Waals surface area contributed by atoms with Gasteiger partial charge in [-0.25, -0.2) is 0 Å². The molecule has 0 aliphatic heterocycles. The van der Waals surface area contributed by atoms with Gasteiger partial charge < -0.3 is 15.8 Å². The molecule has 0 fully saturated rings. The Balaban J connectivity index is 2.07. The third-order valence-electron chi connectivity index (χ3n) is 3.63. The summed E-state index contributed by atoms with van der Waals surface area (Å²) in [6.07, 6.45) is -0.868. The van der Waals surface area contributed by atoms with Crippen molar-refractivity contribution in [3.05, 3.63) is 65.7 Å². The molecule has 2 aromatic carbocycles. The molecule has 0 radical (unpaired) electrons. The second-order valence-corrected chi connectivity index (χ2v) is 5.60. The van der Waals surface area contributed by atoms with E-state index < -0.39 is 24.0 Å². The van der Waals surface area contributed by atoms with Gasteiger partial charge in [-0.1, -0.05) is 42.5 Å². The fourth-order valence-corrected chi connectivity index (χ4v) is 2.27. The summed E-state index contributed by atoms with van der Waals surface area (Å²) in [5, 5.41) is 2.58. The van der Waals surface area contributed by atoms with Crippen LogP contribution in [-0.4, -0.2) is 23.7 Å². The Hall–Kier alpha value is -3.15. The lowest BCUT2D eigenvalue weighted by molar-refractivity contribution is -0.131. The third kappa shape index (κ3) is 4.91. The highest BCUT2D eigenvalue weighted by Crippen LogP contribution is 2.17. The first-order valence-electron chi connectivity index (χ1n) is 7.80. The van der Waals surface area contributed by atoms with Gasteiger partial charge in [0, 0.05) is 5.56 Å². The van der Waals surface area contributed by atoms with Gasteiger partial charge in [-0.05, 0) is 31.5 Å². The number of rotatable bonds is 7. The average molecular weight is 340 g/mol. The molecule has 2 rings (SSSR count). The summed E-state index contributed by atoms with van der Waals surface area (Å²) in [6.45, 7) is 3.01. The number of carbonyl (C=O) groups is 3. The van der Waals surface area contributed by atoms with Crippen LogP contribution in [0, 0.1) is 0 Å². The summed E-state index contributed by atoms with van der Waals surface area (Å²) < 4.78 is 5.57. The molecule has 0 aliphatic rings. The molecule has 2 unspecified atom stereocenters. The third-order valence-corrected chi connectivity index (χ3v) is 3.63. The standard InChI is InChI=1S/C19H20N2O4/c1-12(22)15-9-6-10-16(11-15)25-13(2)19(24)21-17(18(20)23)14-7-4-3-5-8-14/h3-11,13,17H,1-2H3,(H2,20,23)(H,21,24). The molecule has 2 atom stereocenters. The number of hydrogen-bond donors (Lipinski definition) is 2. The highest BCUT2D eigenvalue weighted by molar-refractivity contribution is 5.94. The molecule has 6 nitrogen and oxygen atoms in total. The van der Waals surface area contributed by atoms with Crippen LogP contribution >= 0.6 is 0 Å². The first kappa shape index (κ1) is 18.2. The number of benzene rings is 2. The number of ether oxygens (including phenoxy) is 1. The zero-order chi connectivity index (χ0) is 18.4. The Morgan fingerprint density at radius 3 is 2.32 bits per heavy atom. The van der Waals surface area contributed by atoms with Crippen molar-refractivity contribution < 1.29 is 19.1 Å². The predicted molar refractivity (Wildman–Crippen MR) is 93.1 cm³/mol. The van der Waals surface area contributed by atoms with E-state index in [4.69, 9.17) is 10.5 Å². The maximum absolute atomic E-state index is 12.3. The first-order chi connectivity index (χ1) is 11.9. The normalized spacial score (nSPS) is 12.7. The summed E-state index contributed by atoms with van der Waals surface area (Å²) in [5.74, 6) is -0.850. The van der Waals surface area contributed by atoms with Crippen molar-refractivity contribution in [2.45, 2.75) is 26.0 Å². The van der Waals surface area contributed by atoms with Crippen molar-refractivity contribution in [2.24, 2.45) is 5.73 Å². The van der Waals surface area contributed by atoms with E-state index in [0.29, 0.717) is 16.9 Å². The number of hydrogen-bond acceptors (Lipinski definition) is 4. The van der Waals surface area contributed by atoms with E-state index in [-0.39, 0.29) is 5.78 Å². The maximum atomic E-state index is 12.3. The number of primary amides is 1. The van der Waals surface area contributed by atoms with Crippen molar-refractivity contribution in [1.82, 2.24) is 5.32 Å². The summed E-state index contributed by atoms with van der Waals surface area (Å²) in [7, 11) is 0. The summed E-state index contributed by atoms with van der Waals surface area (Å²) in [4.78, 5) is 35.4. The lowest BCUT2D eigenvalue weighted by Gasteiger charge is -2.20. The first-order valence-corrected chi connectivity index (χ1v) is 7.80. The topological polar surface area (TPSA) is 98.5 Å². The van der Waals surface area contributed by atoms with Crippen LogP contribution in [0.2, 0.25) is 0 Å². The number of nitrogens with one attached hydrogen (secondary N) is 1. The average Bonchev–Trinajstić information content (AvgIpc) is 2.60. The van der Waals surface area contributed by atoms with Gasteiger partial charge in [-0.3, -0.25) is 14.4 Å². The smallest absolute Gasteiger partial charge is 0.261 e. The molecule has 25 heavy (non-hydrogen) atoms. The van der Waals surface area contributed by atoms with Gasteiger partial charge in [0.05, 0.1) is 0 Å². The summed E-state index contributed by atoms with van der Waals surface area (Å²) >= 11 is 0. The van der Waals surface area contributed by atoms with E-state index in [9.17, 15) is 14.4 Å². The van der Waals surface area contributed by atoms with Crippen molar-refractivity contribution in [1.29, 1.82) is 0 Å². The fraction of sp³-hybridized carbons (Fsp3) is 0.211. The Morgan fingerprint density at radius 1 is 1.04 bits per heavy atom. The van der Waals surface area contributed by atoms with Crippen LogP contribution in [0.4, 0.5) is 0 Å². The number of amides is 2. The number of carbonyl (C=O) groups excluding carboxylic acids is 3. The minimum Gasteiger partial charge on any atom is -0.481 e. The van der Waals surface area contributed by atoms with E-state index in [1.165, 1.54) is 6.92 Å². The molecule has 0 aliphatic carbocycles. The van der Waals surface area contributed by atoms with E-state index in [0.717, 1.165) is 0 Å². The van der Waals surface area contributed by atoms with Crippen LogP contribution in [0.5, 0.6) is 5.75 Å². The fourth-order valence-electron chi connectivity index (χ4n) is 2.27. The Kier molecular flexibility index (Phi) is 5.89. The quantitative estimate of drug-likeness (QED) is 0.753. The lowest BCUT2D eigenvalue weighted by atomic mass is 10.1. The second kappa shape index (κ2) is 8.10. The van der Waals surface area contributed by atoms with Gasteiger partial charge in [0.25, 0.3) is 5.91 Å². The molecular formula is C19H20N2O4. The van der Waals surface area contributed by atoms with Crippen LogP contribution in [0.25, 0.3) is 0 Å². The van der Waals surface area contributed by atoms with Crippen molar-refractivity contribution in [3.8, 4) is 5.75 Å². The zero-order valence-corrected chi connectivity index (χ0v) is 14.1. The van der Waals surface area contributed by atoms with Gasteiger partial charge in [0.15, 0.2) is 11.9 Å². The Bertz CT molecular complexity index is 774. The lowest BCUT2D eigenvalue weighted by Crippen LogP contribution is -2.43. The summed E-state index contributed by atoms with van der Waals surface area (Å²) in [5.41, 5.74) is 6.47. The van der Waals surface area contributed by atoms with Gasteiger partial charge in [0.1, 0.15) is 11.8 Å². The minimum absolute atomic E-state index is 0.0968. The minimum atomic E-state index is -0.941. The molecule has 3 N–H and O–H groups in total. The highest BCUT2D eigenvalue weighted by Gasteiger charge is 2.24. The van der Waals surface area contributed by atoms with Crippen LogP contribution in [-0.2, 0) is 9.59 Å². The largest absolute Gasteiger partial charge is 0.481 e. The van der Waals surface area contributed by atoms with E-state index in [1.807, 2.05) is 0 Å². The van der Waals surface area contributed by atoms with Crippen LogP contribution in [0.3, 0.4) is 0 Å². The Labute approximate surface area is 146 Å². The molecule has 0 heterocycles. The van der Waals surface area contributed by atoms with Gasteiger partial charge in [0.2, 0.25) is 5.91 Å². The SMILES string of the molecule is CC(=O)c1cccc(OC(C)C(=O)NC(C(N)=O)c2ccccc2)c1. The van der Waals surface area contributed by atoms with Gasteiger partial charge in [-0.2, -0.15) is 0 Å². The molecule has 0 aromatic heterocycles. The molecule has 0 saturated heterocycles. The molecule has 0 spiro atoms. The monoisotopic (exact) mass is 340 g/mol. The van der Waals surface area contributed by atoms with Crippen LogP contribution in [0.15, 0.2) is 54.6 Å². The van der Waals surface area contributed by atoms with Crippen LogP contribution < -0.4 is 15.8 Å². The summed E-state index contributed by atoms with van der Waals surface area (Å²) in [6, 6.07) is 14.3. The molecule has 0 saturated carbocycles. The molecule has 6 heteroatoms. The number of ketones is 1. The van der Waals surface area contributed by atoms with E-state index in [2.05, 4.69) is 5.32 Å². The zero-order valence-electron chi connectivity index (χ0n) is 14.1. The molecule has 130 valence electrons. The maximum Gasteiger partial charge on any atom is 0.261 e. The number of Topliss-reactive ketones (excluding diaryl/α,β-unsaturated/α-hetero) is 1. The molecule has 0 bridgehead atoms. The van der Waals surface area contributed by atoms with Crippen molar-refractivity contribution in [2.75, 3.05) is 0 Å². The Morgan fingerprint density at radius 2 is 1.72 bits per heavy atom. The highest BCUT2D eigenvalue weighted by atomic mass is 16.5. The molecule has 2 aromatic rings. The van der Waals surface area contributed by atoms with E-state index in [1.54, 1.807) is 61.5 Å². The molecule has 2 amide bonds. The predicted octanol–water partition coefficient (Wildman–Crippen LogP) is 2.00. The van der Waals surface area contributed by atoms with E-state index >= 15 is 0 Å². The second-order valence-electron chi connectivity index (χ2n) is 5.60. The molecular weight excluding hydrogens is 320 g/mol. The van der Waals surface area contributed by atoms with Crippen LogP contribution in [0.1, 0.15) is 35.8 Å². The number of nitrogens with two attached hydrogens (primary N) is 1. The van der Waals surface area contributed by atoms with Gasteiger partial charge >= 0.3 is 0 Å². The van der Waals surface area contributed by atoms with Gasteiger partial charge in [-0.15, -0.1) is 0 Å².